The number of aryl methyl sites for hydroxylation is 1. The van der Waals surface area contributed by atoms with Crippen molar-refractivity contribution in [2.45, 2.75) is 32.8 Å². The predicted molar refractivity (Wildman–Crippen MR) is 99.0 cm³/mol. The van der Waals surface area contributed by atoms with Crippen molar-refractivity contribution < 1.29 is 13.9 Å². The Kier molecular flexibility index (Phi) is 7.20. The van der Waals surface area contributed by atoms with Gasteiger partial charge in [0.15, 0.2) is 0 Å². The average Bonchev–Trinajstić information content (AvgIpc) is 2.59. The second-order valence-corrected chi connectivity index (χ2v) is 6.09. The monoisotopic (exact) mass is 341 g/mol. The van der Waals surface area contributed by atoms with Crippen LogP contribution in [0, 0.1) is 5.82 Å². The fraction of sp³-hybridized carbons (Fsp3) is 0.286. The highest BCUT2D eigenvalue weighted by atomic mass is 19.1. The van der Waals surface area contributed by atoms with Gasteiger partial charge in [0, 0.05) is 12.6 Å². The molecule has 0 saturated heterocycles. The van der Waals surface area contributed by atoms with Crippen LogP contribution in [0.4, 0.5) is 4.39 Å². The maximum Gasteiger partial charge on any atom is 0.243 e. The molecule has 0 aromatic heterocycles. The normalized spacial score (nSPS) is 11.0. The molecule has 0 spiro atoms. The maximum absolute atomic E-state index is 12.8. The zero-order valence-corrected chi connectivity index (χ0v) is 14.7. The first-order valence-corrected chi connectivity index (χ1v) is 8.50. The molecule has 4 heteroatoms. The van der Waals surface area contributed by atoms with Crippen molar-refractivity contribution in [3.05, 3.63) is 71.6 Å². The molecular formula is C21H24FNO2. The molecule has 25 heavy (non-hydrogen) atoms. The van der Waals surface area contributed by atoms with Gasteiger partial charge in [-0.1, -0.05) is 24.3 Å². The second kappa shape index (κ2) is 9.62. The summed E-state index contributed by atoms with van der Waals surface area (Å²) < 4.78 is 18.4. The molecule has 1 N–H and O–H groups in total. The Morgan fingerprint density at radius 1 is 1.12 bits per heavy atom. The van der Waals surface area contributed by atoms with Crippen molar-refractivity contribution in [3.63, 3.8) is 0 Å². The van der Waals surface area contributed by atoms with Crippen molar-refractivity contribution >= 4 is 12.0 Å². The lowest BCUT2D eigenvalue weighted by Crippen LogP contribution is -2.22. The van der Waals surface area contributed by atoms with E-state index in [9.17, 15) is 9.18 Å². The lowest BCUT2D eigenvalue weighted by molar-refractivity contribution is -0.116. The van der Waals surface area contributed by atoms with Gasteiger partial charge in [0.05, 0.1) is 6.10 Å². The zero-order chi connectivity index (χ0) is 18.1. The van der Waals surface area contributed by atoms with Gasteiger partial charge in [-0.15, -0.1) is 0 Å². The summed E-state index contributed by atoms with van der Waals surface area (Å²) in [4.78, 5) is 11.8. The number of nitrogens with one attached hydrogen (secondary N) is 1. The van der Waals surface area contributed by atoms with E-state index in [4.69, 9.17) is 4.74 Å². The minimum atomic E-state index is -0.287. The molecule has 0 fully saturated rings. The zero-order valence-electron chi connectivity index (χ0n) is 14.7. The van der Waals surface area contributed by atoms with Crippen LogP contribution >= 0.6 is 0 Å². The Morgan fingerprint density at radius 2 is 1.80 bits per heavy atom. The topological polar surface area (TPSA) is 38.3 Å². The Bertz CT molecular complexity index is 691. The molecule has 0 heterocycles. The SMILES string of the molecule is CC(C)Oc1ccc(CCCNC(=O)/C=C/c2ccc(F)cc2)cc1. The molecule has 0 atom stereocenters. The highest BCUT2D eigenvalue weighted by Crippen LogP contribution is 2.14. The molecule has 0 aliphatic heterocycles. The summed E-state index contributed by atoms with van der Waals surface area (Å²) in [5.74, 6) is 0.438. The second-order valence-electron chi connectivity index (χ2n) is 6.09. The first-order chi connectivity index (χ1) is 12.0. The number of rotatable bonds is 8. The molecule has 0 unspecified atom stereocenters. The van der Waals surface area contributed by atoms with Crippen LogP contribution in [0.2, 0.25) is 0 Å². The summed E-state index contributed by atoms with van der Waals surface area (Å²) in [6, 6.07) is 14.0. The fourth-order valence-electron chi connectivity index (χ4n) is 2.32. The van der Waals surface area contributed by atoms with Gasteiger partial charge in [0.2, 0.25) is 5.91 Å². The van der Waals surface area contributed by atoms with Crippen LogP contribution in [0.1, 0.15) is 31.4 Å². The maximum atomic E-state index is 12.8. The summed E-state index contributed by atoms with van der Waals surface area (Å²) in [6.07, 6.45) is 5.06. The van der Waals surface area contributed by atoms with Gasteiger partial charge in [-0.3, -0.25) is 4.79 Å². The van der Waals surface area contributed by atoms with Gasteiger partial charge >= 0.3 is 0 Å². The van der Waals surface area contributed by atoms with E-state index in [1.54, 1.807) is 18.2 Å². The molecule has 2 aromatic carbocycles. The molecule has 2 aromatic rings. The number of ether oxygens (including phenoxy) is 1. The Labute approximate surface area is 148 Å². The molecule has 0 saturated carbocycles. The van der Waals surface area contributed by atoms with Crippen molar-refractivity contribution in [1.82, 2.24) is 5.32 Å². The Morgan fingerprint density at radius 3 is 2.44 bits per heavy atom. The minimum Gasteiger partial charge on any atom is -0.491 e. The third kappa shape index (κ3) is 7.21. The van der Waals surface area contributed by atoms with Crippen molar-refractivity contribution in [3.8, 4) is 5.75 Å². The largest absolute Gasteiger partial charge is 0.491 e. The van der Waals surface area contributed by atoms with Gasteiger partial charge in [-0.25, -0.2) is 4.39 Å². The van der Waals surface area contributed by atoms with Crippen LogP contribution < -0.4 is 10.1 Å². The van der Waals surface area contributed by atoms with Crippen LogP contribution in [-0.2, 0) is 11.2 Å². The van der Waals surface area contributed by atoms with Crippen molar-refractivity contribution in [1.29, 1.82) is 0 Å². The number of halogens is 1. The molecule has 0 aliphatic rings. The Balaban J connectivity index is 1.68. The molecular weight excluding hydrogens is 317 g/mol. The van der Waals surface area contributed by atoms with Crippen molar-refractivity contribution in [2.24, 2.45) is 0 Å². The van der Waals surface area contributed by atoms with E-state index < -0.39 is 0 Å². The van der Waals surface area contributed by atoms with Gasteiger partial charge < -0.3 is 10.1 Å². The van der Waals surface area contributed by atoms with E-state index in [2.05, 4.69) is 5.32 Å². The summed E-state index contributed by atoms with van der Waals surface area (Å²) in [7, 11) is 0. The van der Waals surface area contributed by atoms with E-state index in [-0.39, 0.29) is 17.8 Å². The molecule has 2 rings (SSSR count). The van der Waals surface area contributed by atoms with E-state index in [0.29, 0.717) is 6.54 Å². The van der Waals surface area contributed by atoms with E-state index in [1.807, 2.05) is 38.1 Å². The highest BCUT2D eigenvalue weighted by molar-refractivity contribution is 5.91. The number of amides is 1. The standard InChI is InChI=1S/C21H24FNO2/c1-16(2)25-20-12-7-17(8-13-20)4-3-15-23-21(24)14-9-18-5-10-19(22)11-6-18/h5-14,16H,3-4,15H2,1-2H3,(H,23,24)/b14-9+. The fourth-order valence-corrected chi connectivity index (χ4v) is 2.32. The number of benzene rings is 2. The summed E-state index contributed by atoms with van der Waals surface area (Å²) in [6.45, 7) is 4.61. The summed E-state index contributed by atoms with van der Waals surface area (Å²) >= 11 is 0. The first kappa shape index (κ1) is 18.7. The third-order valence-corrected chi connectivity index (χ3v) is 3.53. The number of carbonyl (C=O) groups is 1. The number of carbonyl (C=O) groups excluding carboxylic acids is 1. The molecule has 0 aliphatic carbocycles. The van der Waals surface area contributed by atoms with E-state index >= 15 is 0 Å². The van der Waals surface area contributed by atoms with Gasteiger partial charge in [-0.05, 0) is 68.2 Å². The lowest BCUT2D eigenvalue weighted by Gasteiger charge is -2.10. The smallest absolute Gasteiger partial charge is 0.243 e. The first-order valence-electron chi connectivity index (χ1n) is 8.50. The quantitative estimate of drug-likeness (QED) is 0.572. The van der Waals surface area contributed by atoms with Crippen molar-refractivity contribution in [2.75, 3.05) is 6.54 Å². The predicted octanol–water partition coefficient (Wildman–Crippen LogP) is 4.38. The summed E-state index contributed by atoms with van der Waals surface area (Å²) in [5.41, 5.74) is 2.01. The van der Waals surface area contributed by atoms with Gasteiger partial charge in [0.25, 0.3) is 0 Å². The summed E-state index contributed by atoms with van der Waals surface area (Å²) in [5, 5.41) is 2.85. The average molecular weight is 341 g/mol. The van der Waals surface area contributed by atoms with Crippen LogP contribution in [0.3, 0.4) is 0 Å². The van der Waals surface area contributed by atoms with Crippen LogP contribution in [0.15, 0.2) is 54.6 Å². The molecule has 0 bridgehead atoms. The van der Waals surface area contributed by atoms with E-state index in [0.717, 1.165) is 24.2 Å². The molecule has 0 radical (unpaired) electrons. The number of hydrogen-bond acceptors (Lipinski definition) is 2. The number of hydrogen-bond donors (Lipinski definition) is 1. The lowest BCUT2D eigenvalue weighted by atomic mass is 10.1. The van der Waals surface area contributed by atoms with Crippen LogP contribution in [0.5, 0.6) is 5.75 Å². The van der Waals surface area contributed by atoms with Gasteiger partial charge in [0.1, 0.15) is 11.6 Å². The Hall–Kier alpha value is -2.62. The minimum absolute atomic E-state index is 0.148. The molecule has 1 amide bonds. The van der Waals surface area contributed by atoms with Crippen LogP contribution in [-0.4, -0.2) is 18.6 Å². The highest BCUT2D eigenvalue weighted by Gasteiger charge is 2.00. The third-order valence-electron chi connectivity index (χ3n) is 3.53. The van der Waals surface area contributed by atoms with E-state index in [1.165, 1.54) is 23.8 Å². The molecule has 132 valence electrons. The molecule has 3 nitrogen and oxygen atoms in total. The van der Waals surface area contributed by atoms with Gasteiger partial charge in [-0.2, -0.15) is 0 Å². The van der Waals surface area contributed by atoms with Crippen LogP contribution in [0.25, 0.3) is 6.08 Å².